The summed E-state index contributed by atoms with van der Waals surface area (Å²) in [5.41, 5.74) is 1.92. The molecule has 0 spiro atoms. The first-order valence-electron chi connectivity index (χ1n) is 5.78. The number of carboxylic acid groups (broad SMARTS) is 1. The van der Waals surface area contributed by atoms with Crippen molar-refractivity contribution in [1.29, 1.82) is 0 Å². The minimum Gasteiger partial charge on any atom is -0.477 e. The van der Waals surface area contributed by atoms with Crippen LogP contribution in [0, 0.1) is 0 Å². The van der Waals surface area contributed by atoms with E-state index in [9.17, 15) is 4.79 Å². The molecule has 0 bridgehead atoms. The highest BCUT2D eigenvalue weighted by Crippen LogP contribution is 2.27. The van der Waals surface area contributed by atoms with Gasteiger partial charge in [0.1, 0.15) is 5.69 Å². The summed E-state index contributed by atoms with van der Waals surface area (Å²) in [5, 5.41) is 11.0. The number of fused-ring (bicyclic) bond motifs is 1. The number of pyridine rings is 2. The number of aromatic nitrogens is 2. The second kappa shape index (κ2) is 4.49. The molecule has 2 aromatic heterocycles. The molecule has 4 nitrogen and oxygen atoms in total. The molecule has 3 aromatic rings. The Bertz CT molecular complexity index is 746. The Labute approximate surface area is 109 Å². The highest BCUT2D eigenvalue weighted by Gasteiger charge is 2.07. The SMILES string of the molecule is O=C(O)c1ccc(-c2cccc3ccncc23)cn1. The summed E-state index contributed by atoms with van der Waals surface area (Å²) in [6, 6.07) is 11.2. The molecule has 2 heterocycles. The van der Waals surface area contributed by atoms with E-state index in [4.69, 9.17) is 5.11 Å². The van der Waals surface area contributed by atoms with Gasteiger partial charge in [-0.15, -0.1) is 0 Å². The lowest BCUT2D eigenvalue weighted by Gasteiger charge is -2.06. The lowest BCUT2D eigenvalue weighted by molar-refractivity contribution is 0.0690. The van der Waals surface area contributed by atoms with E-state index in [0.717, 1.165) is 21.9 Å². The van der Waals surface area contributed by atoms with Crippen molar-refractivity contribution in [3.8, 4) is 11.1 Å². The summed E-state index contributed by atoms with van der Waals surface area (Å²) in [4.78, 5) is 18.9. The van der Waals surface area contributed by atoms with Crippen molar-refractivity contribution >= 4 is 16.7 Å². The Morgan fingerprint density at radius 3 is 2.68 bits per heavy atom. The molecule has 0 saturated carbocycles. The minimum atomic E-state index is -1.02. The molecule has 19 heavy (non-hydrogen) atoms. The molecule has 1 aromatic carbocycles. The van der Waals surface area contributed by atoms with E-state index < -0.39 is 5.97 Å². The quantitative estimate of drug-likeness (QED) is 0.759. The Balaban J connectivity index is 2.16. The second-order valence-electron chi connectivity index (χ2n) is 4.14. The molecule has 92 valence electrons. The minimum absolute atomic E-state index is 0.0436. The third-order valence-corrected chi connectivity index (χ3v) is 2.98. The van der Waals surface area contributed by atoms with E-state index in [0.29, 0.717) is 0 Å². The number of hydrogen-bond donors (Lipinski definition) is 1. The zero-order valence-corrected chi connectivity index (χ0v) is 9.95. The number of aromatic carboxylic acids is 1. The largest absolute Gasteiger partial charge is 0.477 e. The zero-order chi connectivity index (χ0) is 13.2. The summed E-state index contributed by atoms with van der Waals surface area (Å²) in [6.45, 7) is 0. The predicted octanol–water partition coefficient (Wildman–Crippen LogP) is 3.00. The normalized spacial score (nSPS) is 10.5. The van der Waals surface area contributed by atoms with Crippen LogP contribution in [0.5, 0.6) is 0 Å². The van der Waals surface area contributed by atoms with Gasteiger partial charge >= 0.3 is 5.97 Å². The summed E-state index contributed by atoms with van der Waals surface area (Å²) in [5.74, 6) is -1.02. The predicted molar refractivity (Wildman–Crippen MR) is 71.9 cm³/mol. The van der Waals surface area contributed by atoms with Gasteiger partial charge in [-0.05, 0) is 23.1 Å². The van der Waals surface area contributed by atoms with Crippen molar-refractivity contribution in [3.05, 3.63) is 60.7 Å². The smallest absolute Gasteiger partial charge is 0.354 e. The highest BCUT2D eigenvalue weighted by molar-refractivity contribution is 5.96. The van der Waals surface area contributed by atoms with E-state index in [1.165, 1.54) is 6.07 Å². The second-order valence-corrected chi connectivity index (χ2v) is 4.14. The van der Waals surface area contributed by atoms with Crippen LogP contribution < -0.4 is 0 Å². The van der Waals surface area contributed by atoms with Gasteiger partial charge < -0.3 is 5.11 Å². The molecular weight excluding hydrogens is 240 g/mol. The molecule has 0 aliphatic rings. The summed E-state index contributed by atoms with van der Waals surface area (Å²) in [7, 11) is 0. The summed E-state index contributed by atoms with van der Waals surface area (Å²) >= 11 is 0. The molecular formula is C15H10N2O2. The Morgan fingerprint density at radius 1 is 1.05 bits per heavy atom. The molecule has 0 aliphatic heterocycles. The molecule has 3 rings (SSSR count). The summed E-state index contributed by atoms with van der Waals surface area (Å²) in [6.07, 6.45) is 5.12. The Morgan fingerprint density at radius 2 is 1.95 bits per heavy atom. The van der Waals surface area contributed by atoms with Crippen molar-refractivity contribution in [1.82, 2.24) is 9.97 Å². The van der Waals surface area contributed by atoms with Crippen LogP contribution in [0.15, 0.2) is 55.0 Å². The van der Waals surface area contributed by atoms with Crippen LogP contribution in [-0.4, -0.2) is 21.0 Å². The first-order chi connectivity index (χ1) is 9.25. The maximum atomic E-state index is 10.8. The molecule has 4 heteroatoms. The van der Waals surface area contributed by atoms with Gasteiger partial charge in [0.05, 0.1) is 0 Å². The van der Waals surface area contributed by atoms with Gasteiger partial charge in [-0.3, -0.25) is 4.98 Å². The van der Waals surface area contributed by atoms with Gasteiger partial charge in [0, 0.05) is 29.5 Å². The molecule has 0 atom stereocenters. The average Bonchev–Trinajstić information content (AvgIpc) is 2.47. The van der Waals surface area contributed by atoms with E-state index in [1.807, 2.05) is 24.3 Å². The monoisotopic (exact) mass is 250 g/mol. The molecule has 0 fully saturated rings. The first kappa shape index (κ1) is 11.3. The van der Waals surface area contributed by atoms with Crippen molar-refractivity contribution in [2.45, 2.75) is 0 Å². The van der Waals surface area contributed by atoms with Gasteiger partial charge in [0.25, 0.3) is 0 Å². The Kier molecular flexibility index (Phi) is 2.68. The van der Waals surface area contributed by atoms with E-state index in [1.54, 1.807) is 24.7 Å². The van der Waals surface area contributed by atoms with Gasteiger partial charge in [-0.1, -0.05) is 24.3 Å². The fourth-order valence-corrected chi connectivity index (χ4v) is 2.04. The van der Waals surface area contributed by atoms with Crippen LogP contribution in [0.25, 0.3) is 21.9 Å². The third kappa shape index (κ3) is 2.04. The third-order valence-electron chi connectivity index (χ3n) is 2.98. The fraction of sp³-hybridized carbons (Fsp3) is 0. The van der Waals surface area contributed by atoms with Crippen molar-refractivity contribution in [2.75, 3.05) is 0 Å². The molecule has 0 saturated heterocycles. The highest BCUT2D eigenvalue weighted by atomic mass is 16.4. The lowest BCUT2D eigenvalue weighted by atomic mass is 10.0. The number of nitrogens with zero attached hydrogens (tertiary/aromatic N) is 2. The van der Waals surface area contributed by atoms with Crippen LogP contribution in [0.1, 0.15) is 10.5 Å². The Hall–Kier alpha value is -2.75. The fourth-order valence-electron chi connectivity index (χ4n) is 2.04. The van der Waals surface area contributed by atoms with Crippen LogP contribution in [-0.2, 0) is 0 Å². The van der Waals surface area contributed by atoms with Gasteiger partial charge in [0.15, 0.2) is 0 Å². The maximum absolute atomic E-state index is 10.8. The first-order valence-corrected chi connectivity index (χ1v) is 5.78. The lowest BCUT2D eigenvalue weighted by Crippen LogP contribution is -1.99. The number of carbonyl (C=O) groups is 1. The molecule has 0 amide bonds. The molecule has 0 aliphatic carbocycles. The van der Waals surface area contributed by atoms with E-state index in [2.05, 4.69) is 9.97 Å². The topological polar surface area (TPSA) is 63.1 Å². The van der Waals surface area contributed by atoms with Crippen LogP contribution in [0.3, 0.4) is 0 Å². The van der Waals surface area contributed by atoms with E-state index in [-0.39, 0.29) is 5.69 Å². The van der Waals surface area contributed by atoms with Gasteiger partial charge in [-0.2, -0.15) is 0 Å². The molecule has 0 radical (unpaired) electrons. The molecule has 0 unspecified atom stereocenters. The van der Waals surface area contributed by atoms with Crippen molar-refractivity contribution in [3.63, 3.8) is 0 Å². The number of rotatable bonds is 2. The van der Waals surface area contributed by atoms with Gasteiger partial charge in [-0.25, -0.2) is 9.78 Å². The standard InChI is InChI=1S/C15H10N2O2/c18-15(19)14-5-4-11(8-17-14)12-3-1-2-10-6-7-16-9-13(10)12/h1-9H,(H,18,19). The number of hydrogen-bond acceptors (Lipinski definition) is 3. The van der Waals surface area contributed by atoms with Crippen molar-refractivity contribution < 1.29 is 9.90 Å². The van der Waals surface area contributed by atoms with Crippen LogP contribution in [0.4, 0.5) is 0 Å². The van der Waals surface area contributed by atoms with E-state index >= 15 is 0 Å². The maximum Gasteiger partial charge on any atom is 0.354 e. The average molecular weight is 250 g/mol. The zero-order valence-electron chi connectivity index (χ0n) is 9.95. The van der Waals surface area contributed by atoms with Gasteiger partial charge in [0.2, 0.25) is 0 Å². The summed E-state index contributed by atoms with van der Waals surface area (Å²) < 4.78 is 0. The number of carboxylic acids is 1. The van der Waals surface area contributed by atoms with Crippen LogP contribution >= 0.6 is 0 Å². The molecule has 1 N–H and O–H groups in total. The van der Waals surface area contributed by atoms with Crippen molar-refractivity contribution in [2.24, 2.45) is 0 Å². The van der Waals surface area contributed by atoms with Crippen LogP contribution in [0.2, 0.25) is 0 Å². The number of benzene rings is 1.